The molecule has 1 aliphatic carbocycles. The second-order valence-electron chi connectivity index (χ2n) is 9.57. The fraction of sp³-hybridized carbons (Fsp3) is 0.417. The van der Waals surface area contributed by atoms with Crippen LogP contribution in [0.1, 0.15) is 78.9 Å². The van der Waals surface area contributed by atoms with Crippen LogP contribution in [0.25, 0.3) is 0 Å². The summed E-state index contributed by atoms with van der Waals surface area (Å²) in [5.74, 6) is -0.560. The minimum atomic E-state index is -0.674. The summed E-state index contributed by atoms with van der Waals surface area (Å²) in [6, 6.07) is 11.0. The van der Waals surface area contributed by atoms with Crippen molar-refractivity contribution in [2.24, 2.45) is 5.92 Å². The fourth-order valence-corrected chi connectivity index (χ4v) is 3.78. The maximum Gasteiger partial charge on any atom is 0.174 e. The van der Waals surface area contributed by atoms with E-state index in [4.69, 9.17) is 0 Å². The van der Waals surface area contributed by atoms with E-state index in [1.165, 1.54) is 0 Å². The molecule has 0 amide bonds. The van der Waals surface area contributed by atoms with Crippen molar-refractivity contribution < 1.29 is 14.7 Å². The zero-order valence-electron chi connectivity index (χ0n) is 17.0. The number of carbonyl (C=O) groups is 2. The molecule has 0 radical (unpaired) electrons. The Morgan fingerprint density at radius 2 is 1.22 bits per heavy atom. The molecule has 1 N–H and O–H groups in total. The van der Waals surface area contributed by atoms with Crippen LogP contribution in [0.15, 0.2) is 36.4 Å². The zero-order valence-corrected chi connectivity index (χ0v) is 17.0. The lowest BCUT2D eigenvalue weighted by Gasteiger charge is -2.28. The molecule has 2 aromatic rings. The number of carbonyl (C=O) groups excluding carboxylic acids is 2. The molecule has 0 saturated carbocycles. The Hall–Kier alpha value is -2.42. The van der Waals surface area contributed by atoms with Gasteiger partial charge in [0.25, 0.3) is 0 Å². The average Bonchev–Trinajstić information content (AvgIpc) is 2.79. The molecule has 0 heterocycles. The van der Waals surface area contributed by atoms with E-state index in [0.29, 0.717) is 23.3 Å². The smallest absolute Gasteiger partial charge is 0.174 e. The molecule has 27 heavy (non-hydrogen) atoms. The van der Waals surface area contributed by atoms with Gasteiger partial charge in [0.2, 0.25) is 0 Å². The predicted octanol–water partition coefficient (Wildman–Crippen LogP) is 5.23. The molecule has 2 aromatic carbocycles. The maximum absolute atomic E-state index is 12.8. The second-order valence-corrected chi connectivity index (χ2v) is 9.57. The molecular formula is C24H28O3. The highest BCUT2D eigenvalue weighted by molar-refractivity contribution is 6.26. The van der Waals surface area contributed by atoms with Gasteiger partial charge in [0.1, 0.15) is 5.75 Å². The number of aromatic hydroxyl groups is 1. The molecule has 0 unspecified atom stereocenters. The highest BCUT2D eigenvalue weighted by Crippen LogP contribution is 2.41. The summed E-state index contributed by atoms with van der Waals surface area (Å²) in [7, 11) is 0. The Balaban J connectivity index is 2.06. The number of ketones is 2. The van der Waals surface area contributed by atoms with E-state index in [0.717, 1.165) is 16.7 Å². The van der Waals surface area contributed by atoms with Gasteiger partial charge in [0, 0.05) is 11.1 Å². The Morgan fingerprint density at radius 1 is 0.815 bits per heavy atom. The van der Waals surface area contributed by atoms with Crippen LogP contribution in [0.2, 0.25) is 0 Å². The van der Waals surface area contributed by atoms with Crippen LogP contribution in [0.5, 0.6) is 5.75 Å². The first kappa shape index (κ1) is 19.3. The minimum absolute atomic E-state index is 0.0988. The van der Waals surface area contributed by atoms with Crippen LogP contribution in [0.3, 0.4) is 0 Å². The predicted molar refractivity (Wildman–Crippen MR) is 108 cm³/mol. The number of phenolic OH excluding ortho intramolecular Hbond substituents is 1. The van der Waals surface area contributed by atoms with Crippen molar-refractivity contribution in [3.05, 3.63) is 64.2 Å². The van der Waals surface area contributed by atoms with Gasteiger partial charge in [-0.05, 0) is 33.9 Å². The Labute approximate surface area is 161 Å². The summed E-state index contributed by atoms with van der Waals surface area (Å²) in [6.07, 6.45) is 0.360. The highest BCUT2D eigenvalue weighted by atomic mass is 16.3. The number of hydrogen-bond donors (Lipinski definition) is 1. The van der Waals surface area contributed by atoms with E-state index in [2.05, 4.69) is 41.5 Å². The molecule has 3 rings (SSSR count). The Morgan fingerprint density at radius 3 is 1.59 bits per heavy atom. The van der Waals surface area contributed by atoms with E-state index in [-0.39, 0.29) is 22.4 Å². The fourth-order valence-electron chi connectivity index (χ4n) is 3.78. The molecule has 3 heteroatoms. The monoisotopic (exact) mass is 364 g/mol. The molecule has 142 valence electrons. The van der Waals surface area contributed by atoms with Crippen molar-refractivity contribution in [1.82, 2.24) is 0 Å². The SMILES string of the molecule is CC(C)(C)c1cc(CC2C(=O)c3ccccc3C2=O)cc(C(C)(C)C)c1O. The van der Waals surface area contributed by atoms with E-state index in [1.54, 1.807) is 24.3 Å². The Kier molecular flexibility index (Phi) is 4.54. The third-order valence-corrected chi connectivity index (χ3v) is 5.32. The molecular weight excluding hydrogens is 336 g/mol. The van der Waals surface area contributed by atoms with Crippen molar-refractivity contribution in [3.63, 3.8) is 0 Å². The topological polar surface area (TPSA) is 54.4 Å². The summed E-state index contributed by atoms with van der Waals surface area (Å²) in [6.45, 7) is 12.3. The van der Waals surface area contributed by atoms with Gasteiger partial charge in [-0.2, -0.15) is 0 Å². The van der Waals surface area contributed by atoms with Crippen LogP contribution in [0, 0.1) is 5.92 Å². The van der Waals surface area contributed by atoms with Crippen molar-refractivity contribution in [2.45, 2.75) is 58.8 Å². The van der Waals surface area contributed by atoms with Crippen molar-refractivity contribution in [1.29, 1.82) is 0 Å². The van der Waals surface area contributed by atoms with Crippen LogP contribution in [0.4, 0.5) is 0 Å². The van der Waals surface area contributed by atoms with Crippen LogP contribution >= 0.6 is 0 Å². The van der Waals surface area contributed by atoms with E-state index < -0.39 is 5.92 Å². The summed E-state index contributed by atoms with van der Waals surface area (Å²) in [5, 5.41) is 10.9. The largest absolute Gasteiger partial charge is 0.507 e. The summed E-state index contributed by atoms with van der Waals surface area (Å²) < 4.78 is 0. The highest BCUT2D eigenvalue weighted by Gasteiger charge is 2.38. The van der Waals surface area contributed by atoms with Crippen molar-refractivity contribution in [3.8, 4) is 5.75 Å². The number of phenols is 1. The van der Waals surface area contributed by atoms with Crippen molar-refractivity contribution >= 4 is 11.6 Å². The molecule has 0 saturated heterocycles. The third kappa shape index (κ3) is 3.43. The molecule has 0 aliphatic heterocycles. The van der Waals surface area contributed by atoms with Gasteiger partial charge in [-0.1, -0.05) is 77.9 Å². The number of rotatable bonds is 2. The average molecular weight is 364 g/mol. The number of Topliss-reactive ketones (excluding diaryl/α,β-unsaturated/α-hetero) is 2. The molecule has 0 atom stereocenters. The summed E-state index contributed by atoms with van der Waals surface area (Å²) in [5.41, 5.74) is 3.18. The molecule has 0 bridgehead atoms. The van der Waals surface area contributed by atoms with Gasteiger partial charge in [0.15, 0.2) is 11.6 Å². The maximum atomic E-state index is 12.8. The first-order valence-corrected chi connectivity index (χ1v) is 9.45. The standard InChI is InChI=1S/C24H28O3/c1-23(2,3)18-12-14(13-19(22(18)27)24(4,5)6)11-17-20(25)15-9-7-8-10-16(15)21(17)26/h7-10,12-13,17,27H,11H2,1-6H3. The summed E-state index contributed by atoms with van der Waals surface area (Å²) in [4.78, 5) is 25.5. The van der Waals surface area contributed by atoms with Crippen LogP contribution in [-0.4, -0.2) is 16.7 Å². The molecule has 3 nitrogen and oxygen atoms in total. The van der Waals surface area contributed by atoms with Gasteiger partial charge < -0.3 is 5.11 Å². The number of benzene rings is 2. The first-order chi connectivity index (χ1) is 12.4. The molecule has 0 fully saturated rings. The molecule has 0 aromatic heterocycles. The lowest BCUT2D eigenvalue weighted by atomic mass is 9.77. The van der Waals surface area contributed by atoms with Gasteiger partial charge in [-0.3, -0.25) is 9.59 Å². The van der Waals surface area contributed by atoms with Crippen molar-refractivity contribution in [2.75, 3.05) is 0 Å². The Bertz CT molecular complexity index is 853. The summed E-state index contributed by atoms with van der Waals surface area (Å²) >= 11 is 0. The first-order valence-electron chi connectivity index (χ1n) is 9.45. The lowest BCUT2D eigenvalue weighted by Crippen LogP contribution is -2.21. The van der Waals surface area contributed by atoms with Crippen LogP contribution in [-0.2, 0) is 17.3 Å². The van der Waals surface area contributed by atoms with Crippen LogP contribution < -0.4 is 0 Å². The zero-order chi connectivity index (χ0) is 20.1. The van der Waals surface area contributed by atoms with Gasteiger partial charge in [-0.15, -0.1) is 0 Å². The van der Waals surface area contributed by atoms with E-state index in [9.17, 15) is 14.7 Å². The van der Waals surface area contributed by atoms with Gasteiger partial charge >= 0.3 is 0 Å². The second kappa shape index (κ2) is 6.33. The normalized spacial score (nSPS) is 15.3. The lowest BCUT2D eigenvalue weighted by molar-refractivity contribution is 0.0838. The van der Waals surface area contributed by atoms with E-state index >= 15 is 0 Å². The molecule has 1 aliphatic rings. The number of hydrogen-bond acceptors (Lipinski definition) is 3. The molecule has 0 spiro atoms. The minimum Gasteiger partial charge on any atom is -0.507 e. The number of fused-ring (bicyclic) bond motifs is 1. The quantitative estimate of drug-likeness (QED) is 0.743. The third-order valence-electron chi connectivity index (χ3n) is 5.32. The van der Waals surface area contributed by atoms with Gasteiger partial charge in [-0.25, -0.2) is 0 Å². The van der Waals surface area contributed by atoms with E-state index in [1.807, 2.05) is 12.1 Å². The van der Waals surface area contributed by atoms with Gasteiger partial charge in [0.05, 0.1) is 5.92 Å².